The van der Waals surface area contributed by atoms with Crippen LogP contribution in [0.15, 0.2) is 30.5 Å². The molecule has 0 fully saturated rings. The van der Waals surface area contributed by atoms with Crippen molar-refractivity contribution in [1.29, 1.82) is 0 Å². The van der Waals surface area contributed by atoms with Crippen LogP contribution in [-0.2, 0) is 13.6 Å². The van der Waals surface area contributed by atoms with Crippen LogP contribution in [-0.4, -0.2) is 20.9 Å². The fraction of sp³-hybridized carbons (Fsp3) is 0.286. The Labute approximate surface area is 122 Å². The number of carbonyl (C=O) groups is 1. The lowest BCUT2D eigenvalue weighted by molar-refractivity contribution is 0.0695. The van der Waals surface area contributed by atoms with E-state index in [9.17, 15) is 4.79 Å². The van der Waals surface area contributed by atoms with E-state index in [-0.39, 0.29) is 11.6 Å². The second kappa shape index (κ2) is 6.07. The molecule has 2 rings (SSSR count). The van der Waals surface area contributed by atoms with Crippen LogP contribution in [0.3, 0.4) is 0 Å². The van der Waals surface area contributed by atoms with Crippen molar-refractivity contribution in [2.24, 2.45) is 7.05 Å². The molecule has 5 nitrogen and oxygen atoms in total. The van der Waals surface area contributed by atoms with E-state index in [0.717, 1.165) is 5.56 Å². The van der Waals surface area contributed by atoms with E-state index in [1.54, 1.807) is 11.7 Å². The number of halogens is 1. The van der Waals surface area contributed by atoms with Gasteiger partial charge in [-0.2, -0.15) is 5.10 Å². The molecule has 0 aliphatic rings. The fourth-order valence-corrected chi connectivity index (χ4v) is 2.34. The molecule has 1 atom stereocenters. The summed E-state index contributed by atoms with van der Waals surface area (Å²) in [6, 6.07) is 7.59. The largest absolute Gasteiger partial charge is 0.478 e. The van der Waals surface area contributed by atoms with E-state index < -0.39 is 5.97 Å². The smallest absolute Gasteiger partial charge is 0.339 e. The third kappa shape index (κ3) is 3.00. The molecule has 0 radical (unpaired) electrons. The molecule has 0 spiro atoms. The Hall–Kier alpha value is -1.85. The van der Waals surface area contributed by atoms with Gasteiger partial charge in [0, 0.05) is 24.7 Å². The minimum Gasteiger partial charge on any atom is -0.478 e. The number of hydrogen-bond acceptors (Lipinski definition) is 3. The van der Waals surface area contributed by atoms with E-state index in [0.29, 0.717) is 17.3 Å². The maximum absolute atomic E-state index is 11.1. The quantitative estimate of drug-likeness (QED) is 0.889. The Morgan fingerprint density at radius 1 is 1.50 bits per heavy atom. The van der Waals surface area contributed by atoms with Crippen LogP contribution < -0.4 is 5.32 Å². The molecule has 0 amide bonds. The Kier molecular flexibility index (Phi) is 4.42. The van der Waals surface area contributed by atoms with Gasteiger partial charge >= 0.3 is 5.97 Å². The normalized spacial score (nSPS) is 12.3. The zero-order valence-corrected chi connectivity index (χ0v) is 12.1. The van der Waals surface area contributed by atoms with Gasteiger partial charge in [0.05, 0.1) is 11.9 Å². The Morgan fingerprint density at radius 3 is 2.85 bits per heavy atom. The molecular formula is C14H16ClN3O2. The highest BCUT2D eigenvalue weighted by Crippen LogP contribution is 2.22. The molecule has 106 valence electrons. The van der Waals surface area contributed by atoms with Gasteiger partial charge in [0.25, 0.3) is 0 Å². The monoisotopic (exact) mass is 293 g/mol. The molecule has 0 aliphatic carbocycles. The van der Waals surface area contributed by atoms with Gasteiger partial charge < -0.3 is 10.4 Å². The predicted molar refractivity (Wildman–Crippen MR) is 76.9 cm³/mol. The number of nitrogens with one attached hydrogen (secondary N) is 1. The molecule has 0 aliphatic heterocycles. The van der Waals surface area contributed by atoms with Crippen molar-refractivity contribution < 1.29 is 9.90 Å². The van der Waals surface area contributed by atoms with E-state index in [2.05, 4.69) is 10.4 Å². The molecule has 0 unspecified atom stereocenters. The summed E-state index contributed by atoms with van der Waals surface area (Å²) >= 11 is 6.14. The van der Waals surface area contributed by atoms with Crippen molar-refractivity contribution >= 4 is 17.6 Å². The van der Waals surface area contributed by atoms with Gasteiger partial charge in [0.2, 0.25) is 0 Å². The zero-order valence-electron chi connectivity index (χ0n) is 11.3. The van der Waals surface area contributed by atoms with Crippen LogP contribution in [0.4, 0.5) is 0 Å². The van der Waals surface area contributed by atoms with Crippen molar-refractivity contribution in [3.63, 3.8) is 0 Å². The molecule has 6 heteroatoms. The first-order valence-corrected chi connectivity index (χ1v) is 6.60. The summed E-state index contributed by atoms with van der Waals surface area (Å²) < 4.78 is 1.57. The number of rotatable bonds is 5. The van der Waals surface area contributed by atoms with Crippen molar-refractivity contribution in [3.8, 4) is 0 Å². The van der Waals surface area contributed by atoms with Gasteiger partial charge in [0.1, 0.15) is 5.56 Å². The average molecular weight is 294 g/mol. The average Bonchev–Trinajstić information content (AvgIpc) is 2.78. The molecule has 20 heavy (non-hydrogen) atoms. The Bertz CT molecular complexity index is 625. The van der Waals surface area contributed by atoms with Crippen LogP contribution in [0, 0.1) is 0 Å². The van der Waals surface area contributed by atoms with Crippen LogP contribution in [0.5, 0.6) is 0 Å². The Balaban J connectivity index is 2.11. The minimum atomic E-state index is -0.972. The summed E-state index contributed by atoms with van der Waals surface area (Å²) in [6.45, 7) is 2.39. The Morgan fingerprint density at radius 2 is 2.20 bits per heavy atom. The summed E-state index contributed by atoms with van der Waals surface area (Å²) in [5, 5.41) is 17.0. The second-order valence-corrected chi connectivity index (χ2v) is 4.96. The molecule has 2 N–H and O–H groups in total. The summed E-state index contributed by atoms with van der Waals surface area (Å²) in [5.74, 6) is -0.972. The number of aromatic carboxylic acids is 1. The van der Waals surface area contributed by atoms with Crippen molar-refractivity contribution in [2.45, 2.75) is 19.5 Å². The summed E-state index contributed by atoms with van der Waals surface area (Å²) in [6.07, 6.45) is 1.36. The van der Waals surface area contributed by atoms with Crippen LogP contribution >= 0.6 is 11.6 Å². The third-order valence-corrected chi connectivity index (χ3v) is 3.58. The molecule has 0 bridgehead atoms. The van der Waals surface area contributed by atoms with Gasteiger partial charge in [-0.1, -0.05) is 29.8 Å². The van der Waals surface area contributed by atoms with Crippen LogP contribution in [0.1, 0.15) is 34.6 Å². The summed E-state index contributed by atoms with van der Waals surface area (Å²) in [7, 11) is 1.73. The second-order valence-electron chi connectivity index (χ2n) is 4.56. The molecular weight excluding hydrogens is 278 g/mol. The van der Waals surface area contributed by atoms with Gasteiger partial charge in [-0.3, -0.25) is 4.68 Å². The number of aromatic nitrogens is 2. The van der Waals surface area contributed by atoms with E-state index in [1.165, 1.54) is 6.20 Å². The standard InChI is InChI=1S/C14H16ClN3O2/c1-9(10-5-3-4-6-12(10)15)16-8-13-11(14(19)20)7-17-18(13)2/h3-7,9,16H,8H2,1-2H3,(H,19,20)/t9-/m1/s1. The maximum Gasteiger partial charge on any atom is 0.339 e. The first-order chi connectivity index (χ1) is 9.50. The van der Waals surface area contributed by atoms with Crippen LogP contribution in [0.25, 0.3) is 0 Å². The third-order valence-electron chi connectivity index (χ3n) is 3.24. The first-order valence-electron chi connectivity index (χ1n) is 6.22. The highest BCUT2D eigenvalue weighted by atomic mass is 35.5. The number of nitrogens with zero attached hydrogens (tertiary/aromatic N) is 2. The zero-order chi connectivity index (χ0) is 14.7. The topological polar surface area (TPSA) is 67.2 Å². The molecule has 0 saturated carbocycles. The highest BCUT2D eigenvalue weighted by molar-refractivity contribution is 6.31. The van der Waals surface area contributed by atoms with Gasteiger partial charge in [-0.15, -0.1) is 0 Å². The van der Waals surface area contributed by atoms with E-state index >= 15 is 0 Å². The lowest BCUT2D eigenvalue weighted by Gasteiger charge is -2.16. The SMILES string of the molecule is C[C@@H](NCc1c(C(=O)O)cnn1C)c1ccccc1Cl. The van der Waals surface area contributed by atoms with Crippen molar-refractivity contribution in [3.05, 3.63) is 52.3 Å². The molecule has 1 aromatic carbocycles. The van der Waals surface area contributed by atoms with E-state index in [4.69, 9.17) is 16.7 Å². The van der Waals surface area contributed by atoms with Gasteiger partial charge in [-0.25, -0.2) is 4.79 Å². The number of aryl methyl sites for hydroxylation is 1. The summed E-state index contributed by atoms with van der Waals surface area (Å²) in [4.78, 5) is 11.1. The predicted octanol–water partition coefficient (Wildman–Crippen LogP) is 2.62. The van der Waals surface area contributed by atoms with Gasteiger partial charge in [0.15, 0.2) is 0 Å². The van der Waals surface area contributed by atoms with Crippen molar-refractivity contribution in [1.82, 2.24) is 15.1 Å². The van der Waals surface area contributed by atoms with E-state index in [1.807, 2.05) is 31.2 Å². The number of benzene rings is 1. The maximum atomic E-state index is 11.1. The highest BCUT2D eigenvalue weighted by Gasteiger charge is 2.16. The molecule has 2 aromatic rings. The molecule has 1 aromatic heterocycles. The molecule has 0 saturated heterocycles. The minimum absolute atomic E-state index is 0.0141. The van der Waals surface area contributed by atoms with Gasteiger partial charge in [-0.05, 0) is 18.6 Å². The number of hydrogen-bond donors (Lipinski definition) is 2. The fourth-order valence-electron chi connectivity index (χ4n) is 2.04. The van der Waals surface area contributed by atoms with Crippen molar-refractivity contribution in [2.75, 3.05) is 0 Å². The van der Waals surface area contributed by atoms with Crippen LogP contribution in [0.2, 0.25) is 5.02 Å². The number of carboxylic acid groups (broad SMARTS) is 1. The first kappa shape index (κ1) is 14.6. The number of carboxylic acids is 1. The lowest BCUT2D eigenvalue weighted by Crippen LogP contribution is -2.21. The summed E-state index contributed by atoms with van der Waals surface area (Å²) in [5.41, 5.74) is 1.83. The molecule has 1 heterocycles. The lowest BCUT2D eigenvalue weighted by atomic mass is 10.1.